The molecule has 1 aromatic rings. The molecular weight excluding hydrogens is 277 g/mol. The molecule has 0 saturated heterocycles. The molecule has 3 nitrogen and oxygen atoms in total. The lowest BCUT2D eigenvalue weighted by molar-refractivity contribution is 0.542. The SMILES string of the molecule is CCC(C)(C)Nc1ncc(I)cn1. The molecule has 72 valence electrons. The Hall–Kier alpha value is -0.390. The van der Waals surface area contributed by atoms with E-state index in [9.17, 15) is 0 Å². The molecule has 0 amide bonds. The van der Waals surface area contributed by atoms with Crippen LogP contribution in [0.1, 0.15) is 27.2 Å². The number of nitrogens with one attached hydrogen (secondary N) is 1. The number of hydrogen-bond acceptors (Lipinski definition) is 3. The van der Waals surface area contributed by atoms with Crippen molar-refractivity contribution in [2.75, 3.05) is 5.32 Å². The maximum atomic E-state index is 4.18. The van der Waals surface area contributed by atoms with Gasteiger partial charge in [0.05, 0.1) is 0 Å². The third-order valence-electron chi connectivity index (χ3n) is 1.95. The van der Waals surface area contributed by atoms with Crippen molar-refractivity contribution >= 4 is 28.5 Å². The van der Waals surface area contributed by atoms with E-state index in [0.717, 1.165) is 9.99 Å². The van der Waals surface area contributed by atoms with E-state index in [-0.39, 0.29) is 5.54 Å². The van der Waals surface area contributed by atoms with E-state index in [1.54, 1.807) is 0 Å². The molecule has 0 unspecified atom stereocenters. The van der Waals surface area contributed by atoms with E-state index in [4.69, 9.17) is 0 Å². The summed E-state index contributed by atoms with van der Waals surface area (Å²) in [5, 5.41) is 3.27. The number of aromatic nitrogens is 2. The molecule has 0 bridgehead atoms. The third kappa shape index (κ3) is 3.46. The van der Waals surface area contributed by atoms with Gasteiger partial charge in [-0.1, -0.05) is 6.92 Å². The molecule has 0 spiro atoms. The molecule has 1 rings (SSSR count). The third-order valence-corrected chi connectivity index (χ3v) is 2.51. The summed E-state index contributed by atoms with van der Waals surface area (Å²) in [4.78, 5) is 8.36. The molecular formula is C9H14IN3. The van der Waals surface area contributed by atoms with E-state index in [2.05, 4.69) is 58.6 Å². The average molecular weight is 291 g/mol. The van der Waals surface area contributed by atoms with Crippen molar-refractivity contribution < 1.29 is 0 Å². The fourth-order valence-electron chi connectivity index (χ4n) is 0.768. The minimum atomic E-state index is 0.0623. The highest BCUT2D eigenvalue weighted by atomic mass is 127. The Morgan fingerprint density at radius 1 is 1.38 bits per heavy atom. The fourth-order valence-corrected chi connectivity index (χ4v) is 1.05. The second kappa shape index (κ2) is 4.21. The molecule has 1 heterocycles. The summed E-state index contributed by atoms with van der Waals surface area (Å²) in [5.74, 6) is 0.701. The van der Waals surface area contributed by atoms with Crippen LogP contribution in [0.5, 0.6) is 0 Å². The van der Waals surface area contributed by atoms with Crippen molar-refractivity contribution in [3.8, 4) is 0 Å². The largest absolute Gasteiger partial charge is 0.349 e. The van der Waals surface area contributed by atoms with Crippen molar-refractivity contribution in [1.29, 1.82) is 0 Å². The summed E-state index contributed by atoms with van der Waals surface area (Å²) in [5.41, 5.74) is 0.0623. The minimum Gasteiger partial charge on any atom is -0.349 e. The first kappa shape index (κ1) is 10.7. The smallest absolute Gasteiger partial charge is 0.223 e. The van der Waals surface area contributed by atoms with E-state index < -0.39 is 0 Å². The Morgan fingerprint density at radius 2 is 1.92 bits per heavy atom. The van der Waals surface area contributed by atoms with Gasteiger partial charge in [-0.15, -0.1) is 0 Å². The van der Waals surface area contributed by atoms with Gasteiger partial charge in [-0.25, -0.2) is 9.97 Å². The Labute approximate surface area is 92.5 Å². The Kier molecular flexibility index (Phi) is 3.47. The maximum Gasteiger partial charge on any atom is 0.223 e. The van der Waals surface area contributed by atoms with Crippen LogP contribution in [0.4, 0.5) is 5.95 Å². The standard InChI is InChI=1S/C9H14IN3/c1-4-9(2,3)13-8-11-5-7(10)6-12-8/h5-6H,4H2,1-3H3,(H,11,12,13). The molecule has 1 aromatic heterocycles. The van der Waals surface area contributed by atoms with Crippen LogP contribution in [0, 0.1) is 3.57 Å². The average Bonchev–Trinajstić information content (AvgIpc) is 2.09. The monoisotopic (exact) mass is 291 g/mol. The second-order valence-corrected chi connectivity index (χ2v) is 4.83. The first-order valence-corrected chi connectivity index (χ1v) is 5.37. The molecule has 0 aliphatic carbocycles. The molecule has 0 aliphatic heterocycles. The van der Waals surface area contributed by atoms with Crippen LogP contribution in [-0.4, -0.2) is 15.5 Å². The molecule has 4 heteroatoms. The van der Waals surface area contributed by atoms with Crippen LogP contribution in [0.25, 0.3) is 0 Å². The van der Waals surface area contributed by atoms with Gasteiger partial charge in [0.2, 0.25) is 5.95 Å². The van der Waals surface area contributed by atoms with Gasteiger partial charge in [-0.05, 0) is 42.9 Å². The van der Waals surface area contributed by atoms with Gasteiger partial charge in [-0.3, -0.25) is 0 Å². The van der Waals surface area contributed by atoms with Crippen molar-refractivity contribution in [1.82, 2.24) is 9.97 Å². The van der Waals surface area contributed by atoms with E-state index >= 15 is 0 Å². The van der Waals surface area contributed by atoms with Crippen LogP contribution in [0.15, 0.2) is 12.4 Å². The van der Waals surface area contributed by atoms with E-state index in [1.165, 1.54) is 0 Å². The Morgan fingerprint density at radius 3 is 2.38 bits per heavy atom. The first-order valence-electron chi connectivity index (χ1n) is 4.29. The highest BCUT2D eigenvalue weighted by Crippen LogP contribution is 2.14. The summed E-state index contributed by atoms with van der Waals surface area (Å²) in [6.07, 6.45) is 4.66. The maximum absolute atomic E-state index is 4.18. The molecule has 0 atom stereocenters. The lowest BCUT2D eigenvalue weighted by Crippen LogP contribution is -2.30. The second-order valence-electron chi connectivity index (χ2n) is 3.59. The Bertz CT molecular complexity index is 269. The van der Waals surface area contributed by atoms with Crippen molar-refractivity contribution in [2.45, 2.75) is 32.7 Å². The number of rotatable bonds is 3. The fraction of sp³-hybridized carbons (Fsp3) is 0.556. The number of anilines is 1. The predicted octanol–water partition coefficient (Wildman–Crippen LogP) is 2.68. The summed E-state index contributed by atoms with van der Waals surface area (Å²) < 4.78 is 1.05. The molecule has 0 aliphatic rings. The van der Waals surface area contributed by atoms with E-state index in [0.29, 0.717) is 5.95 Å². The molecule has 0 aromatic carbocycles. The lowest BCUT2D eigenvalue weighted by atomic mass is 10.0. The molecule has 0 radical (unpaired) electrons. The topological polar surface area (TPSA) is 37.8 Å². The summed E-state index contributed by atoms with van der Waals surface area (Å²) >= 11 is 2.19. The molecule has 1 N–H and O–H groups in total. The zero-order valence-electron chi connectivity index (χ0n) is 8.13. The van der Waals surface area contributed by atoms with Crippen molar-refractivity contribution in [3.05, 3.63) is 16.0 Å². The quantitative estimate of drug-likeness (QED) is 0.870. The van der Waals surface area contributed by atoms with Crippen LogP contribution >= 0.6 is 22.6 Å². The number of halogens is 1. The highest BCUT2D eigenvalue weighted by molar-refractivity contribution is 14.1. The summed E-state index contributed by atoms with van der Waals surface area (Å²) in [7, 11) is 0. The van der Waals surface area contributed by atoms with Crippen LogP contribution in [-0.2, 0) is 0 Å². The van der Waals surface area contributed by atoms with Gasteiger partial charge in [0.1, 0.15) is 0 Å². The molecule has 0 fully saturated rings. The van der Waals surface area contributed by atoms with Gasteiger partial charge < -0.3 is 5.32 Å². The first-order chi connectivity index (χ1) is 6.03. The molecule has 13 heavy (non-hydrogen) atoms. The van der Waals surface area contributed by atoms with Gasteiger partial charge in [-0.2, -0.15) is 0 Å². The summed E-state index contributed by atoms with van der Waals surface area (Å²) in [6.45, 7) is 6.41. The lowest BCUT2D eigenvalue weighted by Gasteiger charge is -2.24. The van der Waals surface area contributed by atoms with Gasteiger partial charge in [0, 0.05) is 21.5 Å². The number of nitrogens with zero attached hydrogens (tertiary/aromatic N) is 2. The van der Waals surface area contributed by atoms with Crippen molar-refractivity contribution in [2.24, 2.45) is 0 Å². The normalized spacial score (nSPS) is 11.4. The van der Waals surface area contributed by atoms with Crippen molar-refractivity contribution in [3.63, 3.8) is 0 Å². The van der Waals surface area contributed by atoms with Gasteiger partial charge in [0.15, 0.2) is 0 Å². The minimum absolute atomic E-state index is 0.0623. The van der Waals surface area contributed by atoms with Crippen LogP contribution in [0.3, 0.4) is 0 Å². The van der Waals surface area contributed by atoms with E-state index in [1.807, 2.05) is 12.4 Å². The van der Waals surface area contributed by atoms with Gasteiger partial charge in [0.25, 0.3) is 0 Å². The van der Waals surface area contributed by atoms with Gasteiger partial charge >= 0.3 is 0 Å². The summed E-state index contributed by atoms with van der Waals surface area (Å²) in [6, 6.07) is 0. The molecule has 0 saturated carbocycles. The Balaban J connectivity index is 2.69. The zero-order valence-corrected chi connectivity index (χ0v) is 10.3. The van der Waals surface area contributed by atoms with Crippen LogP contribution in [0.2, 0.25) is 0 Å². The number of hydrogen-bond donors (Lipinski definition) is 1. The van der Waals surface area contributed by atoms with Crippen LogP contribution < -0.4 is 5.32 Å². The highest BCUT2D eigenvalue weighted by Gasteiger charge is 2.15. The predicted molar refractivity (Wildman–Crippen MR) is 62.7 cm³/mol. The zero-order chi connectivity index (χ0) is 9.90.